The van der Waals surface area contributed by atoms with E-state index in [1.165, 1.54) is 10.8 Å². The van der Waals surface area contributed by atoms with Gasteiger partial charge in [0, 0.05) is 0 Å². The van der Waals surface area contributed by atoms with Gasteiger partial charge in [-0.2, -0.15) is 23.6 Å². The van der Waals surface area contributed by atoms with E-state index in [-0.39, 0.29) is 31.0 Å². The molecule has 106 valence electrons. The van der Waals surface area contributed by atoms with E-state index in [1.807, 2.05) is 12.2 Å². The van der Waals surface area contributed by atoms with Gasteiger partial charge < -0.3 is 24.8 Å². The second-order valence-electron chi connectivity index (χ2n) is 4.16. The third-order valence-electron chi connectivity index (χ3n) is 2.13. The molecule has 0 aromatic heterocycles. The van der Waals surface area contributed by atoms with Crippen LogP contribution in [0.2, 0.25) is 13.1 Å². The SMILES string of the molecule is C[Si](C)=[Ti+2].[C-]1=CC=CC1.[Cl-].[Cl-].c1ccc2[cH-]ccc2c1. The summed E-state index contributed by atoms with van der Waals surface area (Å²) in [4.78, 5) is 0. The molecule has 0 spiro atoms. The van der Waals surface area contributed by atoms with Gasteiger partial charge in [0.2, 0.25) is 0 Å². The Morgan fingerprint density at radius 1 is 1.15 bits per heavy atom. The monoisotopic (exact) mass is 356 g/mol. The Labute approximate surface area is 146 Å². The minimum absolute atomic E-state index is 0. The zero-order valence-corrected chi connectivity index (χ0v) is 15.8. The van der Waals surface area contributed by atoms with Crippen LogP contribution < -0.4 is 24.8 Å². The van der Waals surface area contributed by atoms with Gasteiger partial charge in [-0.25, -0.2) is 12.2 Å². The first-order chi connectivity index (χ1) is 8.70. The number of fused-ring (bicyclic) bond motifs is 1. The normalized spacial score (nSPS) is 10.4. The second kappa shape index (κ2) is 13.8. The van der Waals surface area contributed by atoms with Gasteiger partial charge >= 0.3 is 38.5 Å². The third-order valence-corrected chi connectivity index (χ3v) is 2.13. The fourth-order valence-electron chi connectivity index (χ4n) is 1.41. The second-order valence-corrected chi connectivity index (χ2v) is 10.8. The van der Waals surface area contributed by atoms with Crippen LogP contribution in [-0.2, 0) is 19.2 Å². The summed E-state index contributed by atoms with van der Waals surface area (Å²) < 4.78 is 0. The molecule has 0 atom stereocenters. The van der Waals surface area contributed by atoms with Gasteiger partial charge in [0.05, 0.1) is 0 Å². The molecule has 1 aliphatic rings. The van der Waals surface area contributed by atoms with E-state index >= 15 is 0 Å². The molecule has 0 saturated carbocycles. The van der Waals surface area contributed by atoms with Crippen LogP contribution in [0, 0.1) is 6.08 Å². The number of hydrogen-bond acceptors (Lipinski definition) is 0. The van der Waals surface area contributed by atoms with Gasteiger partial charge in [-0.05, 0) is 0 Å². The average molecular weight is 357 g/mol. The maximum Gasteiger partial charge on any atom is -0.0809 e. The molecule has 0 amide bonds. The van der Waals surface area contributed by atoms with Crippen molar-refractivity contribution >= 4 is 17.0 Å². The summed E-state index contributed by atoms with van der Waals surface area (Å²) in [6, 6.07) is 14.7. The predicted octanol–water partition coefficient (Wildman–Crippen LogP) is -1.34. The van der Waals surface area contributed by atoms with Gasteiger partial charge in [-0.1, -0.05) is 6.07 Å². The Hall–Kier alpha value is -0.179. The molecule has 0 radical (unpaired) electrons. The topological polar surface area (TPSA) is 0 Å². The summed E-state index contributed by atoms with van der Waals surface area (Å²) in [5, 5.41) is 2.66. The van der Waals surface area contributed by atoms with Crippen molar-refractivity contribution in [1.82, 2.24) is 0 Å². The largest absolute Gasteiger partial charge is 1.00 e. The minimum atomic E-state index is 0. The quantitative estimate of drug-likeness (QED) is 0.405. The molecule has 2 aromatic rings. The summed E-state index contributed by atoms with van der Waals surface area (Å²) in [5.41, 5.74) is 0. The van der Waals surface area contributed by atoms with Crippen molar-refractivity contribution in [3.8, 4) is 0 Å². The standard InChI is InChI=1S/C9H7.C5H5.C2H6Si.2ClH.Ti/c1-2-5-9-7-3-6-8(9)4-1;1-2-4-5-3-1;1-3-2;;;/h1-7H;1-3H,4H2;1-2H3;2*1H;/q2*-1;;;;+2/p-2. The molecule has 2 aromatic carbocycles. The van der Waals surface area contributed by atoms with Crippen LogP contribution in [0.4, 0.5) is 0 Å². The Balaban J connectivity index is 0. The molecule has 0 aliphatic heterocycles. The molecule has 0 saturated heterocycles. The zero-order chi connectivity index (χ0) is 13.2. The Kier molecular flexibility index (Phi) is 15.2. The van der Waals surface area contributed by atoms with E-state index < -0.39 is 0 Å². The van der Waals surface area contributed by atoms with E-state index in [2.05, 4.69) is 86.9 Å². The van der Waals surface area contributed by atoms with Crippen LogP contribution >= 0.6 is 0 Å². The number of rotatable bonds is 0. The molecule has 4 heteroatoms. The molecule has 20 heavy (non-hydrogen) atoms. The van der Waals surface area contributed by atoms with Crippen LogP contribution in [-0.4, -0.2) is 6.19 Å². The van der Waals surface area contributed by atoms with E-state index in [4.69, 9.17) is 0 Å². The summed E-state index contributed by atoms with van der Waals surface area (Å²) in [7, 11) is 0. The van der Waals surface area contributed by atoms with Gasteiger partial charge in [0.1, 0.15) is 0 Å². The van der Waals surface area contributed by atoms with Crippen molar-refractivity contribution in [1.29, 1.82) is 0 Å². The molecular weight excluding hydrogens is 339 g/mol. The Morgan fingerprint density at radius 2 is 1.80 bits per heavy atom. The first kappa shape index (κ1) is 22.1. The van der Waals surface area contributed by atoms with Gasteiger partial charge in [0.15, 0.2) is 0 Å². The van der Waals surface area contributed by atoms with Crippen molar-refractivity contribution in [2.45, 2.75) is 19.5 Å². The van der Waals surface area contributed by atoms with Crippen molar-refractivity contribution in [3.63, 3.8) is 0 Å². The average Bonchev–Trinajstić information content (AvgIpc) is 3.03. The summed E-state index contributed by atoms with van der Waals surface area (Å²) in [6.07, 6.45) is 10.1. The molecule has 0 nitrogen and oxygen atoms in total. The third kappa shape index (κ3) is 10.6. The van der Waals surface area contributed by atoms with Crippen LogP contribution in [0.5, 0.6) is 0 Å². The number of benzene rings is 1. The minimum Gasteiger partial charge on any atom is -1.00 e. The van der Waals surface area contributed by atoms with E-state index in [9.17, 15) is 0 Å². The van der Waals surface area contributed by atoms with Gasteiger partial charge in [-0.15, -0.1) is 36.1 Å². The fourth-order valence-corrected chi connectivity index (χ4v) is 1.41. The van der Waals surface area contributed by atoms with E-state index in [0.717, 1.165) is 6.42 Å². The van der Waals surface area contributed by atoms with Crippen LogP contribution in [0.25, 0.3) is 10.8 Å². The maximum atomic E-state index is 2.99. The van der Waals surface area contributed by atoms with Crippen LogP contribution in [0.15, 0.2) is 60.7 Å². The molecule has 0 fully saturated rings. The number of hydrogen-bond donors (Lipinski definition) is 0. The Bertz CT molecular complexity index is 500. The summed E-state index contributed by atoms with van der Waals surface area (Å²) in [6.45, 7) is 4.54. The number of allylic oxidation sites excluding steroid dienone is 4. The van der Waals surface area contributed by atoms with E-state index in [0.29, 0.717) is 0 Å². The molecule has 1 aliphatic carbocycles. The number of halogens is 2. The predicted molar refractivity (Wildman–Crippen MR) is 78.6 cm³/mol. The smallest absolute Gasteiger partial charge is 0.0809 e. The zero-order valence-electron chi connectivity index (χ0n) is 11.7. The van der Waals surface area contributed by atoms with Crippen molar-refractivity contribution in [3.05, 3.63) is 66.8 Å². The van der Waals surface area contributed by atoms with Crippen molar-refractivity contribution in [2.75, 3.05) is 0 Å². The molecule has 0 unspecified atom stereocenters. The van der Waals surface area contributed by atoms with Crippen LogP contribution in [0.1, 0.15) is 6.42 Å². The summed E-state index contributed by atoms with van der Waals surface area (Å²) in [5.74, 6) is 0. The fraction of sp³-hybridized carbons (Fsp3) is 0.188. The molecule has 0 bridgehead atoms. The first-order valence-corrected chi connectivity index (χ1v) is 10.9. The first-order valence-electron chi connectivity index (χ1n) is 6.04. The maximum absolute atomic E-state index is 2.99. The molecule has 3 rings (SSSR count). The molecule has 0 N–H and O–H groups in total. The van der Waals surface area contributed by atoms with Crippen molar-refractivity contribution < 1.29 is 44.0 Å². The molecule has 0 heterocycles. The van der Waals surface area contributed by atoms with Gasteiger partial charge in [-0.3, -0.25) is 6.08 Å². The van der Waals surface area contributed by atoms with Crippen molar-refractivity contribution in [2.24, 2.45) is 0 Å². The van der Waals surface area contributed by atoms with Crippen LogP contribution in [0.3, 0.4) is 0 Å². The Morgan fingerprint density at radius 3 is 2.25 bits per heavy atom. The molecular formula is C16H18Cl2SiTi-2. The summed E-state index contributed by atoms with van der Waals surface area (Å²) >= 11 is 2.27. The van der Waals surface area contributed by atoms with Gasteiger partial charge in [0.25, 0.3) is 0 Å². The van der Waals surface area contributed by atoms with E-state index in [1.54, 1.807) is 0 Å².